The number of nitrogens with two attached hydrogens (primary N) is 1. The zero-order valence-corrected chi connectivity index (χ0v) is 10.9. The van der Waals surface area contributed by atoms with E-state index in [1.165, 1.54) is 11.8 Å². The van der Waals surface area contributed by atoms with Gasteiger partial charge < -0.3 is 11.1 Å². The molecule has 0 amide bonds. The summed E-state index contributed by atoms with van der Waals surface area (Å²) in [4.78, 5) is 8.40. The average molecular weight is 265 g/mol. The number of anilines is 2. The van der Waals surface area contributed by atoms with Crippen molar-refractivity contribution in [3.05, 3.63) is 18.5 Å². The first kappa shape index (κ1) is 12.6. The summed E-state index contributed by atoms with van der Waals surface area (Å²) in [5.74, 6) is 1.23. The van der Waals surface area contributed by atoms with Crippen LogP contribution in [0.15, 0.2) is 23.6 Å². The number of thioether (sulfide) groups is 1. The maximum Gasteiger partial charge on any atom is 0.191 e. The van der Waals surface area contributed by atoms with Crippen LogP contribution in [0.25, 0.3) is 0 Å². The molecule has 2 rings (SSSR count). The molecule has 0 spiro atoms. The van der Waals surface area contributed by atoms with Gasteiger partial charge in [-0.05, 0) is 12.7 Å². The van der Waals surface area contributed by atoms with Gasteiger partial charge in [0.15, 0.2) is 5.16 Å². The molecule has 0 fully saturated rings. The molecular formula is C10H15N7S. The molecule has 2 heterocycles. The van der Waals surface area contributed by atoms with Crippen LogP contribution in [0.3, 0.4) is 0 Å². The summed E-state index contributed by atoms with van der Waals surface area (Å²) in [5.41, 5.74) is 5.69. The van der Waals surface area contributed by atoms with E-state index in [-0.39, 0.29) is 0 Å². The van der Waals surface area contributed by atoms with Gasteiger partial charge in [0.1, 0.15) is 11.6 Å². The van der Waals surface area contributed by atoms with Crippen molar-refractivity contribution in [1.82, 2.24) is 25.0 Å². The SMILES string of the molecule is CSc1nc(N)cc(NCCCn2ccnn2)n1. The van der Waals surface area contributed by atoms with Crippen molar-refractivity contribution in [1.29, 1.82) is 0 Å². The zero-order valence-electron chi connectivity index (χ0n) is 10.1. The molecule has 0 aliphatic carbocycles. The van der Waals surface area contributed by atoms with Gasteiger partial charge in [0.2, 0.25) is 0 Å². The lowest BCUT2D eigenvalue weighted by Crippen LogP contribution is -2.09. The second-order valence-corrected chi connectivity index (χ2v) is 4.38. The highest BCUT2D eigenvalue weighted by Crippen LogP contribution is 2.14. The number of nitrogens with one attached hydrogen (secondary N) is 1. The first-order valence-corrected chi connectivity index (χ1v) is 6.77. The Morgan fingerprint density at radius 1 is 1.44 bits per heavy atom. The fourth-order valence-electron chi connectivity index (χ4n) is 1.43. The number of nitrogen functional groups attached to an aromatic ring is 1. The minimum atomic E-state index is 0.480. The minimum absolute atomic E-state index is 0.480. The van der Waals surface area contributed by atoms with Crippen LogP contribution < -0.4 is 11.1 Å². The Morgan fingerprint density at radius 3 is 3.06 bits per heavy atom. The number of nitrogens with zero attached hydrogens (tertiary/aromatic N) is 5. The van der Waals surface area contributed by atoms with Crippen molar-refractivity contribution < 1.29 is 0 Å². The summed E-state index contributed by atoms with van der Waals surface area (Å²) < 4.78 is 1.79. The highest BCUT2D eigenvalue weighted by molar-refractivity contribution is 7.98. The largest absolute Gasteiger partial charge is 0.383 e. The van der Waals surface area contributed by atoms with Gasteiger partial charge in [-0.15, -0.1) is 5.10 Å². The van der Waals surface area contributed by atoms with E-state index in [1.807, 2.05) is 12.5 Å². The van der Waals surface area contributed by atoms with E-state index in [1.54, 1.807) is 16.9 Å². The van der Waals surface area contributed by atoms with Crippen molar-refractivity contribution >= 4 is 23.4 Å². The maximum absolute atomic E-state index is 5.69. The normalized spacial score (nSPS) is 10.5. The molecule has 0 aliphatic heterocycles. The van der Waals surface area contributed by atoms with Gasteiger partial charge >= 0.3 is 0 Å². The topological polar surface area (TPSA) is 94.5 Å². The first-order chi connectivity index (χ1) is 8.78. The summed E-state index contributed by atoms with van der Waals surface area (Å²) in [6, 6.07) is 1.73. The number of aromatic nitrogens is 5. The molecular weight excluding hydrogens is 250 g/mol. The van der Waals surface area contributed by atoms with Crippen molar-refractivity contribution in [2.75, 3.05) is 23.9 Å². The Morgan fingerprint density at radius 2 is 2.33 bits per heavy atom. The van der Waals surface area contributed by atoms with E-state index in [9.17, 15) is 0 Å². The van der Waals surface area contributed by atoms with Crippen molar-refractivity contribution in [3.63, 3.8) is 0 Å². The predicted molar refractivity (Wildman–Crippen MR) is 71.4 cm³/mol. The Labute approximate surface area is 109 Å². The number of hydrogen-bond donors (Lipinski definition) is 2. The van der Waals surface area contributed by atoms with Crippen molar-refractivity contribution in [2.24, 2.45) is 0 Å². The fourth-order valence-corrected chi connectivity index (χ4v) is 1.82. The average Bonchev–Trinajstić information content (AvgIpc) is 2.87. The molecule has 2 aromatic rings. The molecule has 0 aromatic carbocycles. The summed E-state index contributed by atoms with van der Waals surface area (Å²) in [6.45, 7) is 1.62. The van der Waals surface area contributed by atoms with Crippen LogP contribution in [0.2, 0.25) is 0 Å². The van der Waals surface area contributed by atoms with E-state index in [0.717, 1.165) is 25.3 Å². The first-order valence-electron chi connectivity index (χ1n) is 5.54. The summed E-state index contributed by atoms with van der Waals surface area (Å²) in [6.07, 6.45) is 6.36. The quantitative estimate of drug-likeness (QED) is 0.454. The lowest BCUT2D eigenvalue weighted by molar-refractivity contribution is 0.569. The van der Waals surface area contributed by atoms with Crippen LogP contribution in [0.4, 0.5) is 11.6 Å². The third-order valence-electron chi connectivity index (χ3n) is 2.25. The van der Waals surface area contributed by atoms with Gasteiger partial charge in [-0.1, -0.05) is 17.0 Å². The predicted octanol–water partition coefficient (Wildman–Crippen LogP) is 0.874. The molecule has 0 radical (unpaired) electrons. The Hall–Kier alpha value is -1.83. The number of rotatable bonds is 6. The van der Waals surface area contributed by atoms with Gasteiger partial charge in [0.25, 0.3) is 0 Å². The van der Waals surface area contributed by atoms with E-state index >= 15 is 0 Å². The standard InChI is InChI=1S/C10H15N7S/c1-18-10-14-8(11)7-9(15-10)12-3-2-5-17-6-4-13-16-17/h4,6-7H,2-3,5H2,1H3,(H3,11,12,14,15). The molecule has 8 heteroatoms. The molecule has 7 nitrogen and oxygen atoms in total. The maximum atomic E-state index is 5.69. The molecule has 0 bridgehead atoms. The van der Waals surface area contributed by atoms with Crippen LogP contribution in [0.1, 0.15) is 6.42 Å². The fraction of sp³-hybridized carbons (Fsp3) is 0.400. The van der Waals surface area contributed by atoms with Gasteiger partial charge in [0.05, 0.1) is 6.20 Å². The summed E-state index contributed by atoms with van der Waals surface area (Å²) in [7, 11) is 0. The third-order valence-corrected chi connectivity index (χ3v) is 2.80. The van der Waals surface area contributed by atoms with E-state index in [2.05, 4.69) is 25.6 Å². The Balaban J connectivity index is 1.81. The van der Waals surface area contributed by atoms with Crippen LogP contribution in [-0.2, 0) is 6.54 Å². The molecule has 2 aromatic heterocycles. The zero-order chi connectivity index (χ0) is 12.8. The molecule has 18 heavy (non-hydrogen) atoms. The van der Waals surface area contributed by atoms with Crippen molar-refractivity contribution in [2.45, 2.75) is 18.1 Å². The Bertz CT molecular complexity index is 485. The monoisotopic (exact) mass is 265 g/mol. The highest BCUT2D eigenvalue weighted by Gasteiger charge is 2.01. The van der Waals surface area contributed by atoms with Crippen LogP contribution in [0.5, 0.6) is 0 Å². The molecule has 0 aliphatic rings. The van der Waals surface area contributed by atoms with Gasteiger partial charge in [0, 0.05) is 25.4 Å². The van der Waals surface area contributed by atoms with Crippen LogP contribution >= 0.6 is 11.8 Å². The third kappa shape index (κ3) is 3.59. The second kappa shape index (κ2) is 6.20. The number of aryl methyl sites for hydroxylation is 1. The lowest BCUT2D eigenvalue weighted by atomic mass is 10.4. The van der Waals surface area contributed by atoms with Crippen LogP contribution in [-0.4, -0.2) is 37.8 Å². The minimum Gasteiger partial charge on any atom is -0.383 e. The van der Waals surface area contributed by atoms with E-state index in [4.69, 9.17) is 5.73 Å². The summed E-state index contributed by atoms with van der Waals surface area (Å²) >= 11 is 1.47. The Kier molecular flexibility index (Phi) is 4.35. The molecule has 96 valence electrons. The molecule has 0 saturated carbocycles. The van der Waals surface area contributed by atoms with E-state index in [0.29, 0.717) is 11.0 Å². The number of hydrogen-bond acceptors (Lipinski definition) is 7. The molecule has 0 atom stereocenters. The lowest BCUT2D eigenvalue weighted by Gasteiger charge is -2.07. The summed E-state index contributed by atoms with van der Waals surface area (Å²) in [5, 5.41) is 11.5. The molecule has 3 N–H and O–H groups in total. The highest BCUT2D eigenvalue weighted by atomic mass is 32.2. The smallest absolute Gasteiger partial charge is 0.191 e. The van der Waals surface area contributed by atoms with Gasteiger partial charge in [-0.25, -0.2) is 9.97 Å². The van der Waals surface area contributed by atoms with Crippen LogP contribution in [0, 0.1) is 0 Å². The van der Waals surface area contributed by atoms with Crippen molar-refractivity contribution in [3.8, 4) is 0 Å². The van der Waals surface area contributed by atoms with E-state index < -0.39 is 0 Å². The molecule has 0 saturated heterocycles. The van der Waals surface area contributed by atoms with Gasteiger partial charge in [-0.3, -0.25) is 4.68 Å². The van der Waals surface area contributed by atoms with Gasteiger partial charge in [-0.2, -0.15) is 0 Å². The second-order valence-electron chi connectivity index (χ2n) is 3.61. The molecule has 0 unspecified atom stereocenters.